The fourth-order valence-electron chi connectivity index (χ4n) is 1.91. The Balaban J connectivity index is 1.90. The Kier molecular flexibility index (Phi) is 3.70. The van der Waals surface area contributed by atoms with Crippen molar-refractivity contribution in [2.75, 3.05) is 0 Å². The van der Waals surface area contributed by atoms with Crippen LogP contribution in [0.1, 0.15) is 5.69 Å². The van der Waals surface area contributed by atoms with Gasteiger partial charge in [-0.25, -0.2) is 9.37 Å². The van der Waals surface area contributed by atoms with Crippen LogP contribution in [-0.2, 0) is 6.61 Å². The van der Waals surface area contributed by atoms with Crippen molar-refractivity contribution in [2.24, 2.45) is 0 Å². The molecule has 0 aliphatic rings. The van der Waals surface area contributed by atoms with Crippen molar-refractivity contribution in [2.45, 2.75) is 6.61 Å². The second kappa shape index (κ2) is 5.65. The van der Waals surface area contributed by atoms with E-state index in [2.05, 4.69) is 20.9 Å². The van der Waals surface area contributed by atoms with Gasteiger partial charge in [-0.3, -0.25) is 9.20 Å². The molecule has 0 aliphatic carbocycles. The lowest BCUT2D eigenvalue weighted by Crippen LogP contribution is -2.16. The SMILES string of the molecule is O=c1cc(COc2ccccc2F)nc2ccc(Br)cn12. The maximum atomic E-state index is 13.5. The molecule has 0 aliphatic heterocycles. The summed E-state index contributed by atoms with van der Waals surface area (Å²) in [4.78, 5) is 16.3. The van der Waals surface area contributed by atoms with Crippen LogP contribution >= 0.6 is 15.9 Å². The summed E-state index contributed by atoms with van der Waals surface area (Å²) in [5.74, 6) is -0.311. The van der Waals surface area contributed by atoms with Crippen LogP contribution in [0.15, 0.2) is 57.9 Å². The number of hydrogen-bond acceptors (Lipinski definition) is 3. The van der Waals surface area contributed by atoms with Crippen LogP contribution in [0.5, 0.6) is 5.75 Å². The van der Waals surface area contributed by atoms with Crippen molar-refractivity contribution in [1.82, 2.24) is 9.38 Å². The van der Waals surface area contributed by atoms with Gasteiger partial charge in [0.05, 0.1) is 5.69 Å². The first-order chi connectivity index (χ1) is 10.1. The molecule has 1 aromatic carbocycles. The van der Waals surface area contributed by atoms with Crippen molar-refractivity contribution in [3.05, 3.63) is 75.0 Å². The molecule has 0 saturated carbocycles. The molecule has 6 heteroatoms. The highest BCUT2D eigenvalue weighted by Crippen LogP contribution is 2.16. The Morgan fingerprint density at radius 1 is 1.24 bits per heavy atom. The zero-order chi connectivity index (χ0) is 14.8. The highest BCUT2D eigenvalue weighted by Gasteiger charge is 2.06. The first kappa shape index (κ1) is 13.8. The second-order valence-corrected chi connectivity index (χ2v) is 5.30. The summed E-state index contributed by atoms with van der Waals surface area (Å²) in [5.41, 5.74) is 0.747. The highest BCUT2D eigenvalue weighted by atomic mass is 79.9. The van der Waals surface area contributed by atoms with E-state index < -0.39 is 5.82 Å². The van der Waals surface area contributed by atoms with Crippen LogP contribution < -0.4 is 10.3 Å². The number of halogens is 2. The Labute approximate surface area is 128 Å². The van der Waals surface area contributed by atoms with E-state index in [1.165, 1.54) is 22.6 Å². The van der Waals surface area contributed by atoms with Crippen molar-refractivity contribution in [3.8, 4) is 5.75 Å². The van der Waals surface area contributed by atoms with Gasteiger partial charge in [-0.15, -0.1) is 0 Å². The molecule has 0 amide bonds. The fourth-order valence-corrected chi connectivity index (χ4v) is 2.25. The molecule has 21 heavy (non-hydrogen) atoms. The lowest BCUT2D eigenvalue weighted by atomic mass is 10.3. The van der Waals surface area contributed by atoms with Crippen LogP contribution in [0.3, 0.4) is 0 Å². The molecular weight excluding hydrogens is 339 g/mol. The molecule has 0 unspecified atom stereocenters. The molecule has 0 bridgehead atoms. The summed E-state index contributed by atoms with van der Waals surface area (Å²) < 4.78 is 21.0. The number of hydrogen-bond donors (Lipinski definition) is 0. The third kappa shape index (κ3) is 2.95. The van der Waals surface area contributed by atoms with Crippen molar-refractivity contribution < 1.29 is 9.13 Å². The van der Waals surface area contributed by atoms with E-state index >= 15 is 0 Å². The normalized spacial score (nSPS) is 10.8. The van der Waals surface area contributed by atoms with Crippen LogP contribution in [0.2, 0.25) is 0 Å². The van der Waals surface area contributed by atoms with Crippen LogP contribution in [-0.4, -0.2) is 9.38 Å². The van der Waals surface area contributed by atoms with Crippen molar-refractivity contribution >= 4 is 21.6 Å². The number of pyridine rings is 1. The van der Waals surface area contributed by atoms with E-state index in [0.717, 1.165) is 4.47 Å². The number of nitrogens with zero attached hydrogens (tertiary/aromatic N) is 2. The largest absolute Gasteiger partial charge is 0.484 e. The molecule has 3 aromatic rings. The lowest BCUT2D eigenvalue weighted by Gasteiger charge is -2.07. The van der Waals surface area contributed by atoms with E-state index in [4.69, 9.17) is 4.74 Å². The molecule has 2 aromatic heterocycles. The number of aromatic nitrogens is 2. The van der Waals surface area contributed by atoms with E-state index in [-0.39, 0.29) is 17.9 Å². The van der Waals surface area contributed by atoms with Gasteiger partial charge < -0.3 is 4.74 Å². The van der Waals surface area contributed by atoms with E-state index in [0.29, 0.717) is 11.3 Å². The zero-order valence-electron chi connectivity index (χ0n) is 10.8. The van der Waals surface area contributed by atoms with Crippen molar-refractivity contribution in [3.63, 3.8) is 0 Å². The topological polar surface area (TPSA) is 43.6 Å². The molecule has 0 N–H and O–H groups in total. The van der Waals surface area contributed by atoms with Crippen LogP contribution in [0.25, 0.3) is 5.65 Å². The summed E-state index contributed by atoms with van der Waals surface area (Å²) in [6.45, 7) is 0.0305. The molecule has 3 rings (SSSR count). The molecule has 4 nitrogen and oxygen atoms in total. The number of rotatable bonds is 3. The van der Waals surface area contributed by atoms with Gasteiger partial charge in [-0.05, 0) is 40.2 Å². The first-order valence-electron chi connectivity index (χ1n) is 6.19. The van der Waals surface area contributed by atoms with Gasteiger partial charge in [-0.1, -0.05) is 12.1 Å². The highest BCUT2D eigenvalue weighted by molar-refractivity contribution is 9.10. The average molecular weight is 349 g/mol. The van der Waals surface area contributed by atoms with Crippen LogP contribution in [0.4, 0.5) is 4.39 Å². The summed E-state index contributed by atoms with van der Waals surface area (Å²) in [6, 6.07) is 11.0. The smallest absolute Gasteiger partial charge is 0.258 e. The molecule has 106 valence electrons. The van der Waals surface area contributed by atoms with Crippen LogP contribution in [0, 0.1) is 5.82 Å². The Morgan fingerprint density at radius 3 is 2.86 bits per heavy atom. The minimum Gasteiger partial charge on any atom is -0.484 e. The van der Waals surface area contributed by atoms with E-state index in [1.807, 2.05) is 0 Å². The summed E-state index contributed by atoms with van der Waals surface area (Å²) in [7, 11) is 0. The quantitative estimate of drug-likeness (QED) is 0.730. The van der Waals surface area contributed by atoms with E-state index in [1.54, 1.807) is 30.5 Å². The maximum absolute atomic E-state index is 13.5. The standard InChI is InChI=1S/C15H10BrFN2O2/c16-10-5-6-14-18-11(7-15(20)19(14)8-10)9-21-13-4-2-1-3-12(13)17/h1-8H,9H2. The molecule has 0 atom stereocenters. The number of ether oxygens (including phenoxy) is 1. The van der Waals surface area contributed by atoms with Gasteiger partial charge in [-0.2, -0.15) is 0 Å². The summed E-state index contributed by atoms with van der Waals surface area (Å²) in [5, 5.41) is 0. The molecule has 0 radical (unpaired) electrons. The fraction of sp³-hybridized carbons (Fsp3) is 0.0667. The van der Waals surface area contributed by atoms with Gasteiger partial charge in [0.15, 0.2) is 11.6 Å². The molecule has 0 saturated heterocycles. The third-order valence-electron chi connectivity index (χ3n) is 2.89. The third-order valence-corrected chi connectivity index (χ3v) is 3.36. The predicted molar refractivity (Wildman–Crippen MR) is 79.9 cm³/mol. The van der Waals surface area contributed by atoms with Gasteiger partial charge in [0.2, 0.25) is 0 Å². The first-order valence-corrected chi connectivity index (χ1v) is 6.98. The van der Waals surface area contributed by atoms with E-state index in [9.17, 15) is 9.18 Å². The average Bonchev–Trinajstić information content (AvgIpc) is 2.47. The van der Waals surface area contributed by atoms with Gasteiger partial charge >= 0.3 is 0 Å². The summed E-state index contributed by atoms with van der Waals surface area (Å²) >= 11 is 3.30. The maximum Gasteiger partial charge on any atom is 0.258 e. The predicted octanol–water partition coefficient (Wildman–Crippen LogP) is 3.18. The van der Waals surface area contributed by atoms with Gasteiger partial charge in [0.1, 0.15) is 12.3 Å². The number of fused-ring (bicyclic) bond motifs is 1. The minimum atomic E-state index is -0.445. The van der Waals surface area contributed by atoms with Crippen molar-refractivity contribution in [1.29, 1.82) is 0 Å². The number of benzene rings is 1. The molecular formula is C15H10BrFN2O2. The lowest BCUT2D eigenvalue weighted by molar-refractivity contribution is 0.286. The van der Waals surface area contributed by atoms with Gasteiger partial charge in [0, 0.05) is 16.7 Å². The Morgan fingerprint density at radius 2 is 2.05 bits per heavy atom. The number of para-hydroxylation sites is 1. The van der Waals surface area contributed by atoms with Gasteiger partial charge in [0.25, 0.3) is 5.56 Å². The molecule has 0 spiro atoms. The Hall–Kier alpha value is -2.21. The zero-order valence-corrected chi connectivity index (χ0v) is 12.4. The summed E-state index contributed by atoms with van der Waals surface area (Å²) in [6.07, 6.45) is 1.65. The molecule has 2 heterocycles. The minimum absolute atomic E-state index is 0.0305. The monoisotopic (exact) mass is 348 g/mol. The second-order valence-electron chi connectivity index (χ2n) is 4.38. The Bertz CT molecular complexity index is 864. The molecule has 0 fully saturated rings.